The smallest absolute Gasteiger partial charge is 0.0391 e. The van der Waals surface area contributed by atoms with E-state index in [1.807, 2.05) is 29.8 Å². The molecule has 1 N–H and O–H groups in total. The van der Waals surface area contributed by atoms with Crippen molar-refractivity contribution in [3.63, 3.8) is 0 Å². The third-order valence-corrected chi connectivity index (χ3v) is 4.06. The minimum atomic E-state index is 0.320. The van der Waals surface area contributed by atoms with Crippen LogP contribution in [0.2, 0.25) is 0 Å². The van der Waals surface area contributed by atoms with E-state index in [1.165, 1.54) is 15.3 Å². The van der Waals surface area contributed by atoms with Crippen molar-refractivity contribution in [3.05, 3.63) is 52.0 Å². The summed E-state index contributed by atoms with van der Waals surface area (Å²) in [6.07, 6.45) is 3.73. The second-order valence-corrected chi connectivity index (χ2v) is 5.66. The molecule has 3 heteroatoms. The van der Waals surface area contributed by atoms with Crippen molar-refractivity contribution in [1.82, 2.24) is 10.3 Å². The summed E-state index contributed by atoms with van der Waals surface area (Å²) in [5, 5.41) is 3.60. The van der Waals surface area contributed by atoms with Gasteiger partial charge in [-0.15, -0.1) is 11.3 Å². The van der Waals surface area contributed by atoms with Crippen LogP contribution in [0.1, 0.15) is 41.2 Å². The molecule has 90 valence electrons. The normalized spacial score (nSPS) is 14.5. The molecule has 0 radical (unpaired) electrons. The van der Waals surface area contributed by atoms with Crippen molar-refractivity contribution < 1.29 is 0 Å². The number of aryl methyl sites for hydroxylation is 1. The molecule has 2 aromatic rings. The van der Waals surface area contributed by atoms with Gasteiger partial charge in [0.05, 0.1) is 0 Å². The average Bonchev–Trinajstić information content (AvgIpc) is 2.77. The second-order valence-electron chi connectivity index (χ2n) is 4.34. The summed E-state index contributed by atoms with van der Waals surface area (Å²) >= 11 is 1.85. The zero-order valence-corrected chi connectivity index (χ0v) is 11.3. The van der Waals surface area contributed by atoms with Crippen molar-refractivity contribution in [2.45, 2.75) is 32.9 Å². The molecule has 0 aliphatic heterocycles. The SMILES string of the molecule is Cc1ccc(C(C)N[C@H](C)c2cccnc2)s1. The Kier molecular flexibility index (Phi) is 3.92. The second kappa shape index (κ2) is 5.43. The summed E-state index contributed by atoms with van der Waals surface area (Å²) < 4.78 is 0. The minimum Gasteiger partial charge on any atom is -0.303 e. The van der Waals surface area contributed by atoms with Crippen LogP contribution in [0, 0.1) is 6.92 Å². The molecule has 0 saturated carbocycles. The summed E-state index contributed by atoms with van der Waals surface area (Å²) in [5.74, 6) is 0. The van der Waals surface area contributed by atoms with Gasteiger partial charge in [-0.3, -0.25) is 4.98 Å². The van der Waals surface area contributed by atoms with Crippen molar-refractivity contribution in [3.8, 4) is 0 Å². The fourth-order valence-corrected chi connectivity index (χ4v) is 2.76. The molecule has 0 spiro atoms. The number of nitrogens with one attached hydrogen (secondary N) is 1. The van der Waals surface area contributed by atoms with E-state index in [2.05, 4.69) is 49.3 Å². The fourth-order valence-electron chi connectivity index (χ4n) is 1.87. The highest BCUT2D eigenvalue weighted by Crippen LogP contribution is 2.24. The van der Waals surface area contributed by atoms with Crippen LogP contribution < -0.4 is 5.32 Å². The fraction of sp³-hybridized carbons (Fsp3) is 0.357. The van der Waals surface area contributed by atoms with Gasteiger partial charge in [0.1, 0.15) is 0 Å². The van der Waals surface area contributed by atoms with E-state index in [4.69, 9.17) is 0 Å². The van der Waals surface area contributed by atoms with Gasteiger partial charge in [-0.25, -0.2) is 0 Å². The molecule has 0 bridgehead atoms. The van der Waals surface area contributed by atoms with Crippen LogP contribution in [-0.2, 0) is 0 Å². The standard InChI is InChI=1S/C14H18N2S/c1-10-6-7-14(17-10)12(3)16-11(2)13-5-4-8-15-9-13/h4-9,11-12,16H,1-3H3/t11-,12?/m1/s1. The molecule has 0 aromatic carbocycles. The number of nitrogens with zero attached hydrogens (tertiary/aromatic N) is 1. The van der Waals surface area contributed by atoms with E-state index >= 15 is 0 Å². The Labute approximate surface area is 107 Å². The lowest BCUT2D eigenvalue weighted by atomic mass is 10.1. The van der Waals surface area contributed by atoms with Gasteiger partial charge in [-0.2, -0.15) is 0 Å². The van der Waals surface area contributed by atoms with Gasteiger partial charge >= 0.3 is 0 Å². The number of rotatable bonds is 4. The van der Waals surface area contributed by atoms with E-state index in [0.29, 0.717) is 12.1 Å². The lowest BCUT2D eigenvalue weighted by Crippen LogP contribution is -2.21. The Morgan fingerprint density at radius 2 is 2.00 bits per heavy atom. The van der Waals surface area contributed by atoms with Crippen LogP contribution >= 0.6 is 11.3 Å². The summed E-state index contributed by atoms with van der Waals surface area (Å²) in [5.41, 5.74) is 1.23. The zero-order chi connectivity index (χ0) is 12.3. The first-order chi connectivity index (χ1) is 8.16. The van der Waals surface area contributed by atoms with Crippen LogP contribution in [0.15, 0.2) is 36.7 Å². The molecule has 2 aromatic heterocycles. The molecule has 17 heavy (non-hydrogen) atoms. The molecule has 1 unspecified atom stereocenters. The van der Waals surface area contributed by atoms with Gasteiger partial charge < -0.3 is 5.32 Å². The van der Waals surface area contributed by atoms with Gasteiger partial charge in [-0.1, -0.05) is 6.07 Å². The van der Waals surface area contributed by atoms with Crippen LogP contribution in [0.25, 0.3) is 0 Å². The summed E-state index contributed by atoms with van der Waals surface area (Å²) in [6.45, 7) is 6.53. The molecular formula is C14H18N2S. The predicted molar refractivity (Wildman–Crippen MR) is 73.3 cm³/mol. The first kappa shape index (κ1) is 12.3. The Bertz CT molecular complexity index is 464. The monoisotopic (exact) mass is 246 g/mol. The van der Waals surface area contributed by atoms with E-state index < -0.39 is 0 Å². The molecule has 0 aliphatic rings. The van der Waals surface area contributed by atoms with Crippen LogP contribution in [0.3, 0.4) is 0 Å². The molecule has 2 atom stereocenters. The van der Waals surface area contributed by atoms with Crippen LogP contribution in [0.4, 0.5) is 0 Å². The summed E-state index contributed by atoms with van der Waals surface area (Å²) in [6, 6.07) is 9.16. The van der Waals surface area contributed by atoms with Crippen molar-refractivity contribution in [2.75, 3.05) is 0 Å². The predicted octanol–water partition coefficient (Wildman–Crippen LogP) is 3.86. The van der Waals surface area contributed by atoms with Crippen molar-refractivity contribution in [2.24, 2.45) is 0 Å². The van der Waals surface area contributed by atoms with E-state index in [9.17, 15) is 0 Å². The minimum absolute atomic E-state index is 0.320. The van der Waals surface area contributed by atoms with E-state index in [1.54, 1.807) is 0 Å². The topological polar surface area (TPSA) is 24.9 Å². The summed E-state index contributed by atoms with van der Waals surface area (Å²) in [7, 11) is 0. The number of aromatic nitrogens is 1. The maximum Gasteiger partial charge on any atom is 0.0391 e. The van der Waals surface area contributed by atoms with Gasteiger partial charge in [0.25, 0.3) is 0 Å². The quantitative estimate of drug-likeness (QED) is 0.886. The number of hydrogen-bond donors (Lipinski definition) is 1. The third-order valence-electron chi connectivity index (χ3n) is 2.87. The number of pyridine rings is 1. The molecule has 0 aliphatic carbocycles. The first-order valence-corrected chi connectivity index (χ1v) is 6.71. The molecule has 2 nitrogen and oxygen atoms in total. The maximum atomic E-state index is 4.15. The Morgan fingerprint density at radius 1 is 1.18 bits per heavy atom. The zero-order valence-electron chi connectivity index (χ0n) is 10.5. The van der Waals surface area contributed by atoms with Crippen LogP contribution in [-0.4, -0.2) is 4.98 Å². The van der Waals surface area contributed by atoms with E-state index in [-0.39, 0.29) is 0 Å². The number of hydrogen-bond acceptors (Lipinski definition) is 3. The Morgan fingerprint density at radius 3 is 2.59 bits per heavy atom. The van der Waals surface area contributed by atoms with E-state index in [0.717, 1.165) is 0 Å². The largest absolute Gasteiger partial charge is 0.303 e. The molecule has 0 fully saturated rings. The lowest BCUT2D eigenvalue weighted by Gasteiger charge is -2.19. The highest BCUT2D eigenvalue weighted by Gasteiger charge is 2.12. The number of thiophene rings is 1. The maximum absolute atomic E-state index is 4.15. The molecular weight excluding hydrogens is 228 g/mol. The van der Waals surface area contributed by atoms with Gasteiger partial charge in [-0.05, 0) is 44.5 Å². The Balaban J connectivity index is 2.02. The third kappa shape index (κ3) is 3.14. The highest BCUT2D eigenvalue weighted by atomic mass is 32.1. The van der Waals surface area contributed by atoms with Gasteiger partial charge in [0, 0.05) is 34.2 Å². The molecule has 0 amide bonds. The van der Waals surface area contributed by atoms with Crippen molar-refractivity contribution >= 4 is 11.3 Å². The first-order valence-electron chi connectivity index (χ1n) is 5.89. The van der Waals surface area contributed by atoms with Gasteiger partial charge in [0.2, 0.25) is 0 Å². The molecule has 0 saturated heterocycles. The summed E-state index contributed by atoms with van der Waals surface area (Å²) in [4.78, 5) is 6.90. The van der Waals surface area contributed by atoms with Crippen molar-refractivity contribution in [1.29, 1.82) is 0 Å². The molecule has 2 heterocycles. The average molecular weight is 246 g/mol. The highest BCUT2D eigenvalue weighted by molar-refractivity contribution is 7.12. The lowest BCUT2D eigenvalue weighted by molar-refractivity contribution is 0.499. The van der Waals surface area contributed by atoms with Crippen LogP contribution in [0.5, 0.6) is 0 Å². The molecule has 2 rings (SSSR count). The van der Waals surface area contributed by atoms with Gasteiger partial charge in [0.15, 0.2) is 0 Å². The Hall–Kier alpha value is -1.19.